The topological polar surface area (TPSA) is 89.9 Å². The van der Waals surface area contributed by atoms with Crippen molar-refractivity contribution >= 4 is 11.7 Å². The molecule has 2 unspecified atom stereocenters. The molecule has 0 spiro atoms. The van der Waals surface area contributed by atoms with Crippen molar-refractivity contribution in [3.63, 3.8) is 0 Å². The zero-order chi connectivity index (χ0) is 19.3. The van der Waals surface area contributed by atoms with Crippen LogP contribution in [0.25, 0.3) is 11.1 Å². The van der Waals surface area contributed by atoms with E-state index in [-0.39, 0.29) is 23.9 Å². The SMILES string of the molecule is C[C@H]1C(=O)N(C)C(=N)C2NC2[C@]1(C)c1cccc(-c2cccc(C#N)c2)c1. The standard InChI is InChI=1S/C22H22N4O/c1-13-21(27)26(3)20(24)18-19(25-18)22(13,2)17-9-5-8-16(11-17)15-7-4-6-14(10-15)12-23/h4-11,13,18-19,24-25H,1-3H3/t13-,18?,19?,22-/m0/s1. The van der Waals surface area contributed by atoms with E-state index >= 15 is 0 Å². The lowest BCUT2D eigenvalue weighted by Gasteiger charge is -2.35. The summed E-state index contributed by atoms with van der Waals surface area (Å²) in [5, 5.41) is 20.9. The highest BCUT2D eigenvalue weighted by atomic mass is 16.2. The van der Waals surface area contributed by atoms with Gasteiger partial charge in [-0.1, -0.05) is 50.2 Å². The Hall–Kier alpha value is -2.97. The smallest absolute Gasteiger partial charge is 0.231 e. The average molecular weight is 358 g/mol. The van der Waals surface area contributed by atoms with Gasteiger partial charge in [-0.25, -0.2) is 0 Å². The number of rotatable bonds is 2. The molecule has 2 aliphatic rings. The number of fused-ring (bicyclic) bond motifs is 1. The van der Waals surface area contributed by atoms with Crippen molar-refractivity contribution in [2.75, 3.05) is 7.05 Å². The van der Waals surface area contributed by atoms with E-state index in [1.807, 2.05) is 37.3 Å². The molecule has 136 valence electrons. The van der Waals surface area contributed by atoms with E-state index < -0.39 is 5.41 Å². The molecule has 5 nitrogen and oxygen atoms in total. The van der Waals surface area contributed by atoms with Gasteiger partial charge in [0.25, 0.3) is 0 Å². The fourth-order valence-corrected chi connectivity index (χ4v) is 4.27. The summed E-state index contributed by atoms with van der Waals surface area (Å²) in [4.78, 5) is 14.4. The Morgan fingerprint density at radius 3 is 2.56 bits per heavy atom. The molecule has 2 N–H and O–H groups in total. The number of carbonyl (C=O) groups excluding carboxylic acids is 1. The number of hydrogen-bond donors (Lipinski definition) is 2. The first-order valence-corrected chi connectivity index (χ1v) is 9.11. The summed E-state index contributed by atoms with van der Waals surface area (Å²) in [6.45, 7) is 4.07. The number of nitrogens with one attached hydrogen (secondary N) is 2. The Balaban J connectivity index is 1.80. The van der Waals surface area contributed by atoms with Gasteiger partial charge in [-0.05, 0) is 28.8 Å². The zero-order valence-electron chi connectivity index (χ0n) is 15.7. The van der Waals surface area contributed by atoms with Crippen LogP contribution >= 0.6 is 0 Å². The van der Waals surface area contributed by atoms with Crippen molar-refractivity contribution in [2.24, 2.45) is 5.92 Å². The van der Waals surface area contributed by atoms with E-state index in [0.717, 1.165) is 16.7 Å². The molecule has 2 aliphatic heterocycles. The minimum absolute atomic E-state index is 0.0200. The van der Waals surface area contributed by atoms with Gasteiger partial charge in [0.15, 0.2) is 0 Å². The molecule has 0 saturated carbocycles. The van der Waals surface area contributed by atoms with Gasteiger partial charge in [0.1, 0.15) is 5.84 Å². The van der Waals surface area contributed by atoms with E-state index in [9.17, 15) is 10.1 Å². The van der Waals surface area contributed by atoms with Crippen LogP contribution in [-0.4, -0.2) is 35.8 Å². The number of likely N-dealkylation sites (tertiary alicyclic amines) is 1. The van der Waals surface area contributed by atoms with Crippen molar-refractivity contribution in [3.8, 4) is 17.2 Å². The molecule has 5 heteroatoms. The molecule has 0 bridgehead atoms. The molecule has 4 rings (SSSR count). The molecule has 2 aromatic rings. The fraction of sp³-hybridized carbons (Fsp3) is 0.318. The van der Waals surface area contributed by atoms with E-state index in [1.54, 1.807) is 13.1 Å². The highest BCUT2D eigenvalue weighted by molar-refractivity contribution is 6.04. The Morgan fingerprint density at radius 1 is 1.19 bits per heavy atom. The van der Waals surface area contributed by atoms with Gasteiger partial charge >= 0.3 is 0 Å². The van der Waals surface area contributed by atoms with Crippen molar-refractivity contribution < 1.29 is 4.79 Å². The van der Waals surface area contributed by atoms with E-state index in [1.165, 1.54) is 4.90 Å². The van der Waals surface area contributed by atoms with Crippen molar-refractivity contribution in [1.82, 2.24) is 10.2 Å². The van der Waals surface area contributed by atoms with Gasteiger partial charge in [-0.2, -0.15) is 5.26 Å². The van der Waals surface area contributed by atoms with Gasteiger partial charge in [0.05, 0.1) is 17.7 Å². The largest absolute Gasteiger partial charge is 0.302 e. The van der Waals surface area contributed by atoms with Crippen LogP contribution in [0, 0.1) is 22.7 Å². The molecule has 0 radical (unpaired) electrons. The maximum Gasteiger partial charge on any atom is 0.231 e. The minimum atomic E-state index is -0.415. The summed E-state index contributed by atoms with van der Waals surface area (Å²) in [6.07, 6.45) is 0. The second-order valence-electron chi connectivity index (χ2n) is 7.68. The van der Waals surface area contributed by atoms with Crippen LogP contribution in [-0.2, 0) is 10.2 Å². The van der Waals surface area contributed by atoms with Crippen LogP contribution < -0.4 is 5.32 Å². The highest BCUT2D eigenvalue weighted by Gasteiger charge is 2.60. The summed E-state index contributed by atoms with van der Waals surface area (Å²) in [6, 6.07) is 17.9. The molecule has 2 fully saturated rings. The highest BCUT2D eigenvalue weighted by Crippen LogP contribution is 2.46. The van der Waals surface area contributed by atoms with Gasteiger partial charge in [-0.3, -0.25) is 10.2 Å². The summed E-state index contributed by atoms with van der Waals surface area (Å²) in [5.74, 6) is 0.0698. The molecule has 2 aromatic carbocycles. The molecule has 1 amide bonds. The Kier molecular flexibility index (Phi) is 3.90. The molecule has 2 heterocycles. The third-order valence-corrected chi connectivity index (χ3v) is 6.30. The fourth-order valence-electron chi connectivity index (χ4n) is 4.27. The molecule has 27 heavy (non-hydrogen) atoms. The maximum absolute atomic E-state index is 12.9. The first-order chi connectivity index (χ1) is 12.9. The predicted molar refractivity (Wildman–Crippen MR) is 104 cm³/mol. The number of nitriles is 1. The lowest BCUT2D eigenvalue weighted by molar-refractivity contribution is -0.132. The zero-order valence-corrected chi connectivity index (χ0v) is 15.7. The minimum Gasteiger partial charge on any atom is -0.302 e. The number of nitrogens with zero attached hydrogens (tertiary/aromatic N) is 2. The number of carbonyl (C=O) groups is 1. The monoisotopic (exact) mass is 358 g/mol. The lowest BCUT2D eigenvalue weighted by Crippen LogP contribution is -2.45. The quantitative estimate of drug-likeness (QED) is 0.809. The number of amidine groups is 1. The van der Waals surface area contributed by atoms with E-state index in [4.69, 9.17) is 5.41 Å². The summed E-state index contributed by atoms with van der Waals surface area (Å²) >= 11 is 0. The van der Waals surface area contributed by atoms with Crippen molar-refractivity contribution in [3.05, 3.63) is 59.7 Å². The summed E-state index contributed by atoms with van der Waals surface area (Å²) in [7, 11) is 1.69. The number of amides is 1. The number of hydrogen-bond acceptors (Lipinski definition) is 4. The third-order valence-electron chi connectivity index (χ3n) is 6.30. The van der Waals surface area contributed by atoms with Crippen molar-refractivity contribution in [1.29, 1.82) is 10.7 Å². The molecule has 2 saturated heterocycles. The summed E-state index contributed by atoms with van der Waals surface area (Å²) in [5.41, 5.74) is 3.29. The van der Waals surface area contributed by atoms with Crippen LogP contribution in [0.15, 0.2) is 48.5 Å². The Labute approximate surface area is 159 Å². The first-order valence-electron chi connectivity index (χ1n) is 9.11. The first kappa shape index (κ1) is 17.4. The number of benzene rings is 2. The van der Waals surface area contributed by atoms with Crippen LogP contribution in [0.1, 0.15) is 25.0 Å². The van der Waals surface area contributed by atoms with Gasteiger partial charge in [0, 0.05) is 24.4 Å². The normalized spacial score (nSPS) is 29.7. The average Bonchev–Trinajstić information content (AvgIpc) is 3.52. The molecule has 0 aromatic heterocycles. The van der Waals surface area contributed by atoms with E-state index in [2.05, 4.69) is 30.4 Å². The van der Waals surface area contributed by atoms with Crippen molar-refractivity contribution in [2.45, 2.75) is 31.3 Å². The molecular formula is C22H22N4O. The van der Waals surface area contributed by atoms with Crippen LogP contribution in [0.2, 0.25) is 0 Å². The predicted octanol–water partition coefficient (Wildman–Crippen LogP) is 2.91. The molecule has 4 atom stereocenters. The second kappa shape index (κ2) is 6.04. The van der Waals surface area contributed by atoms with Crippen LogP contribution in [0.4, 0.5) is 0 Å². The van der Waals surface area contributed by atoms with Gasteiger partial charge < -0.3 is 10.2 Å². The Bertz CT molecular complexity index is 992. The van der Waals surface area contributed by atoms with Gasteiger partial charge in [0.2, 0.25) is 5.91 Å². The molecular weight excluding hydrogens is 336 g/mol. The lowest BCUT2D eigenvalue weighted by atomic mass is 9.68. The van der Waals surface area contributed by atoms with Crippen LogP contribution in [0.5, 0.6) is 0 Å². The Morgan fingerprint density at radius 2 is 1.85 bits per heavy atom. The third kappa shape index (κ3) is 2.56. The number of likely N-dealkylation sites (N-methyl/N-ethyl adjacent to an activating group) is 1. The maximum atomic E-state index is 12.9. The molecule has 0 aliphatic carbocycles. The van der Waals surface area contributed by atoms with Gasteiger partial charge in [-0.15, -0.1) is 0 Å². The summed E-state index contributed by atoms with van der Waals surface area (Å²) < 4.78 is 0. The van der Waals surface area contributed by atoms with Crippen LogP contribution in [0.3, 0.4) is 0 Å². The van der Waals surface area contributed by atoms with E-state index in [0.29, 0.717) is 11.4 Å². The second-order valence-corrected chi connectivity index (χ2v) is 7.68.